The van der Waals surface area contributed by atoms with E-state index in [-0.39, 0.29) is 5.41 Å². The van der Waals surface area contributed by atoms with E-state index in [0.717, 1.165) is 0 Å². The quantitative estimate of drug-likeness (QED) is 0.562. The van der Waals surface area contributed by atoms with Crippen molar-refractivity contribution in [3.8, 4) is 0 Å². The van der Waals surface area contributed by atoms with Gasteiger partial charge in [0.1, 0.15) is 6.04 Å². The Morgan fingerprint density at radius 1 is 1.58 bits per heavy atom. The minimum Gasteiger partial charge on any atom is -0.480 e. The molecule has 0 saturated carbocycles. The molecule has 4 heteroatoms. The van der Waals surface area contributed by atoms with Gasteiger partial charge in [0, 0.05) is 13.1 Å². The molecule has 0 spiro atoms. The fourth-order valence-electron chi connectivity index (χ4n) is 0.992. The summed E-state index contributed by atoms with van der Waals surface area (Å²) >= 11 is 0. The minimum absolute atomic E-state index is 0.277. The second-order valence-corrected chi connectivity index (χ2v) is 3.88. The smallest absolute Gasteiger partial charge is 0.321 e. The van der Waals surface area contributed by atoms with Crippen molar-refractivity contribution >= 4 is 5.97 Å². The maximum Gasteiger partial charge on any atom is 0.321 e. The number of carboxylic acid groups (broad SMARTS) is 1. The zero-order valence-electron chi connectivity index (χ0n) is 7.92. The molecular formula is C8H18N2O2. The van der Waals surface area contributed by atoms with E-state index in [0.29, 0.717) is 13.1 Å². The Labute approximate surface area is 73.1 Å². The van der Waals surface area contributed by atoms with Gasteiger partial charge in [-0.15, -0.1) is 0 Å². The highest BCUT2D eigenvalue weighted by Gasteiger charge is 2.29. The van der Waals surface area contributed by atoms with Crippen LogP contribution in [-0.2, 0) is 4.79 Å². The molecule has 0 rings (SSSR count). The zero-order chi connectivity index (χ0) is 9.78. The molecule has 0 unspecified atom stereocenters. The molecule has 0 aliphatic rings. The van der Waals surface area contributed by atoms with Gasteiger partial charge in [-0.25, -0.2) is 0 Å². The van der Waals surface area contributed by atoms with Gasteiger partial charge in [-0.3, -0.25) is 4.79 Å². The lowest BCUT2D eigenvalue weighted by molar-refractivity contribution is -0.142. The predicted octanol–water partition coefficient (Wildman–Crippen LogP) is 0.0340. The molecule has 0 amide bonds. The van der Waals surface area contributed by atoms with Crippen LogP contribution in [0.4, 0.5) is 0 Å². The predicted molar refractivity (Wildman–Crippen MR) is 47.9 cm³/mol. The van der Waals surface area contributed by atoms with Crippen LogP contribution in [0.5, 0.6) is 0 Å². The molecule has 0 fully saturated rings. The third kappa shape index (κ3) is 3.69. The summed E-state index contributed by atoms with van der Waals surface area (Å²) in [6.45, 7) is 6.65. The lowest BCUT2D eigenvalue weighted by Gasteiger charge is -2.27. The molecule has 0 aromatic carbocycles. The first kappa shape index (κ1) is 11.4. The highest BCUT2D eigenvalue weighted by molar-refractivity contribution is 5.74. The molecule has 72 valence electrons. The Bertz CT molecular complexity index is 152. The Morgan fingerprint density at radius 2 is 2.08 bits per heavy atom. The van der Waals surface area contributed by atoms with Gasteiger partial charge in [-0.1, -0.05) is 20.8 Å². The van der Waals surface area contributed by atoms with Crippen molar-refractivity contribution in [3.05, 3.63) is 0 Å². The van der Waals surface area contributed by atoms with Crippen molar-refractivity contribution in [1.82, 2.24) is 5.32 Å². The van der Waals surface area contributed by atoms with Gasteiger partial charge in [0.25, 0.3) is 0 Å². The van der Waals surface area contributed by atoms with Crippen LogP contribution in [-0.4, -0.2) is 30.2 Å². The first-order chi connectivity index (χ1) is 5.39. The summed E-state index contributed by atoms with van der Waals surface area (Å²) in [7, 11) is 0. The molecule has 0 aromatic rings. The molecule has 1 atom stereocenters. The Kier molecular flexibility index (Phi) is 4.20. The van der Waals surface area contributed by atoms with Gasteiger partial charge in [-0.05, 0) is 5.41 Å². The Hall–Kier alpha value is -0.610. The number of aliphatic carboxylic acids is 1. The van der Waals surface area contributed by atoms with Crippen molar-refractivity contribution in [2.24, 2.45) is 11.1 Å². The number of nitrogens with one attached hydrogen (secondary N) is 1. The van der Waals surface area contributed by atoms with Crippen molar-refractivity contribution < 1.29 is 9.90 Å². The monoisotopic (exact) mass is 174 g/mol. The molecule has 0 aromatic heterocycles. The van der Waals surface area contributed by atoms with E-state index >= 15 is 0 Å². The van der Waals surface area contributed by atoms with Crippen LogP contribution in [0.15, 0.2) is 0 Å². The maximum atomic E-state index is 10.7. The van der Waals surface area contributed by atoms with Gasteiger partial charge in [0.2, 0.25) is 0 Å². The van der Waals surface area contributed by atoms with Crippen LogP contribution in [0.3, 0.4) is 0 Å². The SMILES string of the molecule is CC(C)(C)[C@H](NCCN)C(=O)O. The molecule has 0 radical (unpaired) electrons. The first-order valence-corrected chi connectivity index (χ1v) is 4.06. The van der Waals surface area contributed by atoms with E-state index in [4.69, 9.17) is 10.8 Å². The summed E-state index contributed by atoms with van der Waals surface area (Å²) in [5.41, 5.74) is 4.99. The average molecular weight is 174 g/mol. The molecule has 0 heterocycles. The largest absolute Gasteiger partial charge is 0.480 e. The standard InChI is InChI=1S/C8H18N2O2/c1-8(2,3)6(7(11)12)10-5-4-9/h6,10H,4-5,9H2,1-3H3,(H,11,12)/t6-/m1/s1. The minimum atomic E-state index is -0.823. The van der Waals surface area contributed by atoms with E-state index in [1.54, 1.807) is 0 Å². The number of hydrogen-bond donors (Lipinski definition) is 3. The molecule has 0 saturated heterocycles. The van der Waals surface area contributed by atoms with E-state index in [9.17, 15) is 4.79 Å². The van der Waals surface area contributed by atoms with Crippen LogP contribution in [0.2, 0.25) is 0 Å². The summed E-state index contributed by atoms with van der Waals surface area (Å²) < 4.78 is 0. The second-order valence-electron chi connectivity index (χ2n) is 3.88. The fourth-order valence-corrected chi connectivity index (χ4v) is 0.992. The first-order valence-electron chi connectivity index (χ1n) is 4.06. The molecule has 0 aliphatic heterocycles. The van der Waals surface area contributed by atoms with E-state index < -0.39 is 12.0 Å². The van der Waals surface area contributed by atoms with Crippen molar-refractivity contribution in [2.45, 2.75) is 26.8 Å². The number of carboxylic acids is 1. The topological polar surface area (TPSA) is 75.3 Å². The second kappa shape index (κ2) is 4.42. The van der Waals surface area contributed by atoms with Crippen LogP contribution >= 0.6 is 0 Å². The van der Waals surface area contributed by atoms with Crippen molar-refractivity contribution in [3.63, 3.8) is 0 Å². The van der Waals surface area contributed by atoms with Crippen molar-refractivity contribution in [1.29, 1.82) is 0 Å². The highest BCUT2D eigenvalue weighted by atomic mass is 16.4. The summed E-state index contributed by atoms with van der Waals surface area (Å²) in [4.78, 5) is 10.7. The van der Waals surface area contributed by atoms with Crippen molar-refractivity contribution in [2.75, 3.05) is 13.1 Å². The lowest BCUT2D eigenvalue weighted by Crippen LogP contribution is -2.47. The lowest BCUT2D eigenvalue weighted by atomic mass is 9.87. The van der Waals surface area contributed by atoms with Gasteiger partial charge in [0.05, 0.1) is 0 Å². The zero-order valence-corrected chi connectivity index (χ0v) is 7.92. The number of carbonyl (C=O) groups is 1. The summed E-state index contributed by atoms with van der Waals surface area (Å²) in [6, 6.07) is -0.527. The summed E-state index contributed by atoms with van der Waals surface area (Å²) in [5.74, 6) is -0.823. The third-order valence-corrected chi connectivity index (χ3v) is 1.61. The molecule has 0 aliphatic carbocycles. The normalized spacial score (nSPS) is 14.3. The highest BCUT2D eigenvalue weighted by Crippen LogP contribution is 2.18. The van der Waals surface area contributed by atoms with Gasteiger partial charge in [-0.2, -0.15) is 0 Å². The van der Waals surface area contributed by atoms with Gasteiger partial charge < -0.3 is 16.2 Å². The van der Waals surface area contributed by atoms with Gasteiger partial charge >= 0.3 is 5.97 Å². The molecule has 4 nitrogen and oxygen atoms in total. The van der Waals surface area contributed by atoms with Crippen LogP contribution < -0.4 is 11.1 Å². The van der Waals surface area contributed by atoms with E-state index in [1.165, 1.54) is 0 Å². The van der Waals surface area contributed by atoms with Gasteiger partial charge in [0.15, 0.2) is 0 Å². The van der Waals surface area contributed by atoms with Crippen LogP contribution in [0.25, 0.3) is 0 Å². The summed E-state index contributed by atoms with van der Waals surface area (Å²) in [5, 5.41) is 11.7. The number of hydrogen-bond acceptors (Lipinski definition) is 3. The van der Waals surface area contributed by atoms with E-state index in [1.807, 2.05) is 20.8 Å². The fraction of sp³-hybridized carbons (Fsp3) is 0.875. The molecule has 4 N–H and O–H groups in total. The molecule has 0 bridgehead atoms. The van der Waals surface area contributed by atoms with Crippen LogP contribution in [0, 0.1) is 5.41 Å². The Morgan fingerprint density at radius 3 is 2.33 bits per heavy atom. The third-order valence-electron chi connectivity index (χ3n) is 1.61. The molecular weight excluding hydrogens is 156 g/mol. The Balaban J connectivity index is 4.15. The summed E-state index contributed by atoms with van der Waals surface area (Å²) in [6.07, 6.45) is 0. The molecule has 12 heavy (non-hydrogen) atoms. The maximum absolute atomic E-state index is 10.7. The van der Waals surface area contributed by atoms with E-state index in [2.05, 4.69) is 5.32 Å². The number of nitrogens with two attached hydrogens (primary N) is 1. The van der Waals surface area contributed by atoms with Crippen LogP contribution in [0.1, 0.15) is 20.8 Å². The average Bonchev–Trinajstić information content (AvgIpc) is 1.84. The number of rotatable bonds is 4.